The molecule has 1 aliphatic heterocycles. The number of hydrogen-bond donors (Lipinski definition) is 4. The van der Waals surface area contributed by atoms with E-state index in [0.717, 1.165) is 17.0 Å². The molecule has 3 amide bonds. The maximum atomic E-state index is 11.9. The minimum Gasteiger partial charge on any atom is -0.350 e. The van der Waals surface area contributed by atoms with Crippen LogP contribution in [0.2, 0.25) is 0 Å². The fourth-order valence-electron chi connectivity index (χ4n) is 1.84. The van der Waals surface area contributed by atoms with Crippen LogP contribution in [0.3, 0.4) is 0 Å². The molecule has 0 spiro atoms. The molecule has 0 unspecified atom stereocenters. The molecule has 2 rings (SSSR count). The second kappa shape index (κ2) is 5.09. The largest absolute Gasteiger partial charge is 0.350 e. The van der Waals surface area contributed by atoms with Gasteiger partial charge in [0.1, 0.15) is 0 Å². The Morgan fingerprint density at radius 2 is 2.16 bits per heavy atom. The van der Waals surface area contributed by atoms with Gasteiger partial charge >= 0.3 is 0 Å². The highest BCUT2D eigenvalue weighted by Gasteiger charge is 2.32. The topological polar surface area (TPSA) is 116 Å². The zero-order valence-corrected chi connectivity index (χ0v) is 10.7. The van der Waals surface area contributed by atoms with Crippen LogP contribution in [0.5, 0.6) is 0 Å². The molecule has 1 saturated heterocycles. The summed E-state index contributed by atoms with van der Waals surface area (Å²) in [6, 6.07) is -1.17. The number of carbonyl (C=O) groups is 3. The van der Waals surface area contributed by atoms with Crippen molar-refractivity contribution in [1.29, 1.82) is 0 Å². The number of rotatable bonds is 3. The van der Waals surface area contributed by atoms with Crippen molar-refractivity contribution >= 4 is 17.7 Å². The van der Waals surface area contributed by atoms with Crippen molar-refractivity contribution in [2.45, 2.75) is 26.4 Å². The SMILES string of the molecule is Cc1n[nH]c(C)c1CNC(=O)[C@H]1NC(=O)CNC1=O. The number of carbonyl (C=O) groups excluding carboxylic acids is 3. The highest BCUT2D eigenvalue weighted by atomic mass is 16.2. The van der Waals surface area contributed by atoms with Gasteiger partial charge in [0.05, 0.1) is 12.2 Å². The van der Waals surface area contributed by atoms with Gasteiger partial charge in [-0.1, -0.05) is 0 Å². The van der Waals surface area contributed by atoms with Crippen molar-refractivity contribution in [3.05, 3.63) is 17.0 Å². The zero-order chi connectivity index (χ0) is 14.0. The number of nitrogens with one attached hydrogen (secondary N) is 4. The summed E-state index contributed by atoms with van der Waals surface area (Å²) in [5.41, 5.74) is 2.51. The molecule has 0 aliphatic carbocycles. The van der Waals surface area contributed by atoms with E-state index in [1.54, 1.807) is 0 Å². The third kappa shape index (κ3) is 2.72. The number of aromatic amines is 1. The molecule has 1 fully saturated rings. The minimum absolute atomic E-state index is 0.0947. The number of aromatic nitrogens is 2. The van der Waals surface area contributed by atoms with Gasteiger partial charge in [-0.05, 0) is 13.8 Å². The monoisotopic (exact) mass is 265 g/mol. The number of H-pyrrole nitrogens is 1. The summed E-state index contributed by atoms with van der Waals surface area (Å²) in [4.78, 5) is 34.5. The molecule has 19 heavy (non-hydrogen) atoms. The molecule has 1 aromatic heterocycles. The molecule has 1 atom stereocenters. The molecule has 102 valence electrons. The average molecular weight is 265 g/mol. The van der Waals surface area contributed by atoms with Gasteiger partial charge in [0.25, 0.3) is 11.8 Å². The van der Waals surface area contributed by atoms with Crippen molar-refractivity contribution in [1.82, 2.24) is 26.1 Å². The van der Waals surface area contributed by atoms with Crippen LogP contribution >= 0.6 is 0 Å². The van der Waals surface area contributed by atoms with Crippen LogP contribution in [0.15, 0.2) is 0 Å². The van der Waals surface area contributed by atoms with Crippen molar-refractivity contribution in [2.24, 2.45) is 0 Å². The molecule has 0 radical (unpaired) electrons. The quantitative estimate of drug-likeness (QED) is 0.485. The van der Waals surface area contributed by atoms with Gasteiger partial charge in [-0.2, -0.15) is 5.10 Å². The molecular weight excluding hydrogens is 250 g/mol. The van der Waals surface area contributed by atoms with Crippen LogP contribution in [0, 0.1) is 13.8 Å². The molecule has 0 saturated carbocycles. The van der Waals surface area contributed by atoms with E-state index < -0.39 is 17.9 Å². The first-order chi connectivity index (χ1) is 8.99. The third-order valence-corrected chi connectivity index (χ3v) is 2.97. The Labute approximate surface area is 109 Å². The summed E-state index contributed by atoms with van der Waals surface area (Å²) in [5, 5.41) is 14.1. The van der Waals surface area contributed by atoms with E-state index >= 15 is 0 Å². The molecule has 0 aromatic carbocycles. The molecule has 2 heterocycles. The lowest BCUT2D eigenvalue weighted by atomic mass is 10.1. The second-order valence-electron chi connectivity index (χ2n) is 4.35. The van der Waals surface area contributed by atoms with Gasteiger partial charge in [-0.25, -0.2) is 0 Å². The number of hydrogen-bond acceptors (Lipinski definition) is 4. The third-order valence-electron chi connectivity index (χ3n) is 2.97. The van der Waals surface area contributed by atoms with Crippen LogP contribution in [0.4, 0.5) is 0 Å². The van der Waals surface area contributed by atoms with Crippen LogP contribution in [-0.4, -0.2) is 40.5 Å². The van der Waals surface area contributed by atoms with Crippen molar-refractivity contribution in [2.75, 3.05) is 6.54 Å². The maximum Gasteiger partial charge on any atom is 0.252 e. The Balaban J connectivity index is 1.98. The summed E-state index contributed by atoms with van der Waals surface area (Å²) in [6.45, 7) is 3.83. The lowest BCUT2D eigenvalue weighted by Gasteiger charge is -2.22. The highest BCUT2D eigenvalue weighted by Crippen LogP contribution is 2.08. The predicted molar refractivity (Wildman–Crippen MR) is 64.8 cm³/mol. The summed E-state index contributed by atoms with van der Waals surface area (Å²) in [7, 11) is 0. The number of piperazine rings is 1. The number of aryl methyl sites for hydroxylation is 2. The van der Waals surface area contributed by atoms with Gasteiger partial charge in [0.2, 0.25) is 5.91 Å². The van der Waals surface area contributed by atoms with Crippen LogP contribution in [0.1, 0.15) is 17.0 Å². The molecule has 1 aliphatic rings. The van der Waals surface area contributed by atoms with E-state index in [9.17, 15) is 14.4 Å². The Morgan fingerprint density at radius 3 is 2.79 bits per heavy atom. The first-order valence-corrected chi connectivity index (χ1v) is 5.84. The second-order valence-corrected chi connectivity index (χ2v) is 4.35. The van der Waals surface area contributed by atoms with E-state index in [4.69, 9.17) is 0 Å². The van der Waals surface area contributed by atoms with Gasteiger partial charge in [0.15, 0.2) is 6.04 Å². The minimum atomic E-state index is -1.17. The Kier molecular flexibility index (Phi) is 3.50. The lowest BCUT2D eigenvalue weighted by molar-refractivity contribution is -0.140. The summed E-state index contributed by atoms with van der Waals surface area (Å²) >= 11 is 0. The maximum absolute atomic E-state index is 11.9. The predicted octanol–water partition coefficient (Wildman–Crippen LogP) is -1.74. The first-order valence-electron chi connectivity index (χ1n) is 5.84. The Bertz CT molecular complexity index is 517. The Hall–Kier alpha value is -2.38. The van der Waals surface area contributed by atoms with Crippen LogP contribution in [-0.2, 0) is 20.9 Å². The van der Waals surface area contributed by atoms with E-state index in [1.165, 1.54) is 0 Å². The number of amides is 3. The summed E-state index contributed by atoms with van der Waals surface area (Å²) in [5.74, 6) is -1.42. The molecule has 8 nitrogen and oxygen atoms in total. The van der Waals surface area contributed by atoms with Crippen molar-refractivity contribution < 1.29 is 14.4 Å². The Morgan fingerprint density at radius 1 is 1.42 bits per heavy atom. The van der Waals surface area contributed by atoms with Crippen molar-refractivity contribution in [3.8, 4) is 0 Å². The average Bonchev–Trinajstić information content (AvgIpc) is 2.69. The summed E-state index contributed by atoms with van der Waals surface area (Å²) < 4.78 is 0. The first kappa shape index (κ1) is 13.1. The fourth-order valence-corrected chi connectivity index (χ4v) is 1.84. The fraction of sp³-hybridized carbons (Fsp3) is 0.455. The normalized spacial score (nSPS) is 18.7. The van der Waals surface area contributed by atoms with Gasteiger partial charge in [0, 0.05) is 17.8 Å². The van der Waals surface area contributed by atoms with Gasteiger partial charge in [-0.15, -0.1) is 0 Å². The van der Waals surface area contributed by atoms with Crippen LogP contribution < -0.4 is 16.0 Å². The number of nitrogens with zero attached hydrogens (tertiary/aromatic N) is 1. The molecule has 8 heteroatoms. The zero-order valence-electron chi connectivity index (χ0n) is 10.7. The molecule has 0 bridgehead atoms. The summed E-state index contributed by atoms with van der Waals surface area (Å²) in [6.07, 6.45) is 0. The highest BCUT2D eigenvalue weighted by molar-refractivity contribution is 6.09. The van der Waals surface area contributed by atoms with E-state index in [0.29, 0.717) is 0 Å². The molecule has 1 aromatic rings. The van der Waals surface area contributed by atoms with E-state index in [-0.39, 0.29) is 19.0 Å². The standard InChI is InChI=1S/C11H15N5O3/c1-5-7(6(2)16-15-5)3-12-10(18)9-11(19)13-4-8(17)14-9/h9H,3-4H2,1-2H3,(H,12,18)(H,13,19)(H,14,17)(H,15,16)/t9-/m1/s1. The van der Waals surface area contributed by atoms with Crippen molar-refractivity contribution in [3.63, 3.8) is 0 Å². The van der Waals surface area contributed by atoms with E-state index in [1.807, 2.05) is 13.8 Å². The van der Waals surface area contributed by atoms with Crippen LogP contribution in [0.25, 0.3) is 0 Å². The van der Waals surface area contributed by atoms with E-state index in [2.05, 4.69) is 26.1 Å². The smallest absolute Gasteiger partial charge is 0.252 e. The molecular formula is C11H15N5O3. The molecule has 4 N–H and O–H groups in total. The van der Waals surface area contributed by atoms with Gasteiger partial charge in [-0.3, -0.25) is 19.5 Å². The lowest BCUT2D eigenvalue weighted by Crippen LogP contribution is -2.61. The van der Waals surface area contributed by atoms with Gasteiger partial charge < -0.3 is 16.0 Å².